The van der Waals surface area contributed by atoms with Crippen LogP contribution in [-0.2, 0) is 4.79 Å². The molecule has 1 saturated heterocycles. The summed E-state index contributed by atoms with van der Waals surface area (Å²) in [5.41, 5.74) is 2.28. The molecule has 0 aliphatic carbocycles. The number of hydrogen-bond acceptors (Lipinski definition) is 2. The van der Waals surface area contributed by atoms with E-state index < -0.39 is 6.10 Å². The van der Waals surface area contributed by atoms with Gasteiger partial charge in [0.2, 0.25) is 0 Å². The molecule has 22 heavy (non-hydrogen) atoms. The number of amides is 1. The number of carbonyl (C=O) groups excluding carboxylic acids is 1. The first-order valence-electron chi connectivity index (χ1n) is 7.99. The Morgan fingerprint density at radius 3 is 2.73 bits per heavy atom. The van der Waals surface area contributed by atoms with E-state index in [9.17, 15) is 4.79 Å². The number of quaternary nitrogens is 1. The molecule has 0 saturated carbocycles. The SMILES string of the molecule is C=CC[NH+]1CCN(C(=O)[C@@H](C)Oc2cccc(C)c2C)CC1. The Bertz CT molecular complexity index is 534. The topological polar surface area (TPSA) is 34.0 Å². The molecule has 4 heteroatoms. The van der Waals surface area contributed by atoms with Gasteiger partial charge < -0.3 is 14.5 Å². The van der Waals surface area contributed by atoms with Gasteiger partial charge in [0.1, 0.15) is 5.75 Å². The van der Waals surface area contributed by atoms with E-state index in [1.54, 1.807) is 0 Å². The number of piperazine rings is 1. The summed E-state index contributed by atoms with van der Waals surface area (Å²) in [6.07, 6.45) is 1.50. The average molecular weight is 303 g/mol. The Kier molecular flexibility index (Phi) is 5.61. The number of ether oxygens (including phenoxy) is 1. The van der Waals surface area contributed by atoms with Gasteiger partial charge in [-0.25, -0.2) is 0 Å². The smallest absolute Gasteiger partial charge is 0.263 e. The van der Waals surface area contributed by atoms with Crippen molar-refractivity contribution >= 4 is 5.91 Å². The van der Waals surface area contributed by atoms with Crippen LogP contribution in [0.15, 0.2) is 30.9 Å². The average Bonchev–Trinajstić information content (AvgIpc) is 2.52. The Hall–Kier alpha value is -1.81. The van der Waals surface area contributed by atoms with Crippen LogP contribution in [0, 0.1) is 13.8 Å². The Balaban J connectivity index is 1.92. The lowest BCUT2D eigenvalue weighted by molar-refractivity contribution is -0.898. The first-order chi connectivity index (χ1) is 10.5. The minimum Gasteiger partial charge on any atom is -0.481 e. The van der Waals surface area contributed by atoms with E-state index in [0.717, 1.165) is 44.0 Å². The minimum absolute atomic E-state index is 0.0820. The molecule has 1 N–H and O–H groups in total. The summed E-state index contributed by atoms with van der Waals surface area (Å²) in [6.45, 7) is 14.2. The predicted octanol–water partition coefficient (Wildman–Crippen LogP) is 0.984. The number of aryl methyl sites for hydroxylation is 1. The third-order valence-corrected chi connectivity index (χ3v) is 4.42. The van der Waals surface area contributed by atoms with Crippen molar-refractivity contribution in [3.63, 3.8) is 0 Å². The van der Waals surface area contributed by atoms with Gasteiger partial charge in [0, 0.05) is 0 Å². The van der Waals surface area contributed by atoms with Crippen molar-refractivity contribution in [2.24, 2.45) is 0 Å². The molecule has 0 bridgehead atoms. The maximum atomic E-state index is 12.5. The number of carbonyl (C=O) groups is 1. The van der Waals surface area contributed by atoms with E-state index in [1.807, 2.05) is 37.0 Å². The van der Waals surface area contributed by atoms with Gasteiger partial charge in [0.05, 0.1) is 32.7 Å². The van der Waals surface area contributed by atoms with Crippen molar-refractivity contribution in [3.05, 3.63) is 42.0 Å². The van der Waals surface area contributed by atoms with E-state index in [2.05, 4.69) is 19.6 Å². The van der Waals surface area contributed by atoms with Gasteiger partial charge in [-0.3, -0.25) is 4.79 Å². The summed E-state index contributed by atoms with van der Waals surface area (Å²) in [4.78, 5) is 15.9. The number of rotatable bonds is 5. The molecule has 1 aliphatic heterocycles. The molecular weight excluding hydrogens is 276 g/mol. The van der Waals surface area contributed by atoms with Crippen LogP contribution in [0.4, 0.5) is 0 Å². The Morgan fingerprint density at radius 2 is 2.09 bits per heavy atom. The monoisotopic (exact) mass is 303 g/mol. The van der Waals surface area contributed by atoms with Gasteiger partial charge in [-0.2, -0.15) is 0 Å². The van der Waals surface area contributed by atoms with Crippen molar-refractivity contribution in [1.29, 1.82) is 0 Å². The molecule has 1 atom stereocenters. The molecule has 0 spiro atoms. The van der Waals surface area contributed by atoms with E-state index >= 15 is 0 Å². The lowest BCUT2D eigenvalue weighted by Crippen LogP contribution is -3.14. The van der Waals surface area contributed by atoms with Crippen molar-refractivity contribution in [2.45, 2.75) is 26.9 Å². The number of nitrogens with zero attached hydrogens (tertiary/aromatic N) is 1. The molecule has 1 amide bonds. The van der Waals surface area contributed by atoms with Gasteiger partial charge in [0.15, 0.2) is 6.10 Å². The molecule has 4 nitrogen and oxygen atoms in total. The van der Waals surface area contributed by atoms with Crippen LogP contribution >= 0.6 is 0 Å². The highest BCUT2D eigenvalue weighted by Crippen LogP contribution is 2.22. The van der Waals surface area contributed by atoms with Crippen molar-refractivity contribution in [1.82, 2.24) is 4.90 Å². The summed E-state index contributed by atoms with van der Waals surface area (Å²) >= 11 is 0. The number of hydrogen-bond donors (Lipinski definition) is 1. The predicted molar refractivity (Wildman–Crippen MR) is 88.3 cm³/mol. The van der Waals surface area contributed by atoms with Crippen LogP contribution in [0.1, 0.15) is 18.1 Å². The molecule has 1 fully saturated rings. The van der Waals surface area contributed by atoms with Crippen LogP contribution in [-0.4, -0.2) is 49.6 Å². The first kappa shape index (κ1) is 16.6. The third kappa shape index (κ3) is 3.89. The van der Waals surface area contributed by atoms with Crippen LogP contribution in [0.5, 0.6) is 5.75 Å². The zero-order valence-electron chi connectivity index (χ0n) is 13.9. The second-order valence-electron chi connectivity index (χ2n) is 6.03. The number of nitrogens with one attached hydrogen (secondary N) is 1. The molecule has 1 aliphatic rings. The highest BCUT2D eigenvalue weighted by Gasteiger charge is 2.27. The second kappa shape index (κ2) is 7.45. The van der Waals surface area contributed by atoms with Crippen LogP contribution < -0.4 is 9.64 Å². The second-order valence-corrected chi connectivity index (χ2v) is 6.03. The third-order valence-electron chi connectivity index (χ3n) is 4.42. The fourth-order valence-electron chi connectivity index (χ4n) is 2.80. The summed E-state index contributed by atoms with van der Waals surface area (Å²) in [5, 5.41) is 0. The van der Waals surface area contributed by atoms with E-state index in [1.165, 1.54) is 10.5 Å². The molecule has 2 rings (SSSR count). The van der Waals surface area contributed by atoms with Gasteiger partial charge in [0.25, 0.3) is 5.91 Å². The van der Waals surface area contributed by atoms with Gasteiger partial charge in [-0.15, -0.1) is 0 Å². The zero-order valence-corrected chi connectivity index (χ0v) is 13.9. The molecular formula is C18H27N2O2+. The lowest BCUT2D eigenvalue weighted by atomic mass is 10.1. The molecule has 0 unspecified atom stereocenters. The van der Waals surface area contributed by atoms with Crippen LogP contribution in [0.3, 0.4) is 0 Å². The van der Waals surface area contributed by atoms with E-state index in [-0.39, 0.29) is 5.91 Å². The Morgan fingerprint density at radius 1 is 1.41 bits per heavy atom. The van der Waals surface area contributed by atoms with E-state index in [0.29, 0.717) is 0 Å². The lowest BCUT2D eigenvalue weighted by Gasteiger charge is -2.33. The normalized spacial score (nSPS) is 17.1. The maximum Gasteiger partial charge on any atom is 0.263 e. The van der Waals surface area contributed by atoms with Gasteiger partial charge >= 0.3 is 0 Å². The first-order valence-corrected chi connectivity index (χ1v) is 7.99. The molecule has 0 radical (unpaired) electrons. The van der Waals surface area contributed by atoms with E-state index in [4.69, 9.17) is 4.74 Å². The number of benzene rings is 1. The summed E-state index contributed by atoms with van der Waals surface area (Å²) < 4.78 is 5.90. The molecule has 1 heterocycles. The maximum absolute atomic E-state index is 12.5. The van der Waals surface area contributed by atoms with Crippen molar-refractivity contribution in [3.8, 4) is 5.75 Å². The quantitative estimate of drug-likeness (QED) is 0.823. The highest BCUT2D eigenvalue weighted by atomic mass is 16.5. The molecule has 1 aromatic carbocycles. The molecule has 120 valence electrons. The largest absolute Gasteiger partial charge is 0.481 e. The van der Waals surface area contributed by atoms with Gasteiger partial charge in [-0.1, -0.05) is 18.7 Å². The van der Waals surface area contributed by atoms with Gasteiger partial charge in [-0.05, 0) is 44.0 Å². The van der Waals surface area contributed by atoms with Crippen LogP contribution in [0.2, 0.25) is 0 Å². The van der Waals surface area contributed by atoms with Crippen molar-refractivity contribution < 1.29 is 14.4 Å². The summed E-state index contributed by atoms with van der Waals surface area (Å²) in [7, 11) is 0. The Labute approximate surface area is 133 Å². The molecule has 0 aromatic heterocycles. The van der Waals surface area contributed by atoms with Crippen molar-refractivity contribution in [2.75, 3.05) is 32.7 Å². The summed E-state index contributed by atoms with van der Waals surface area (Å²) in [6, 6.07) is 5.95. The van der Waals surface area contributed by atoms with Crippen LogP contribution in [0.25, 0.3) is 0 Å². The fraction of sp³-hybridized carbons (Fsp3) is 0.500. The minimum atomic E-state index is -0.443. The standard InChI is InChI=1S/C18H26N2O2/c1-5-9-19-10-12-20(13-11-19)18(21)16(4)22-17-8-6-7-14(2)15(17)3/h5-8,16H,1,9-13H2,2-4H3/p+1/t16-/m1/s1. The highest BCUT2D eigenvalue weighted by molar-refractivity contribution is 5.81. The zero-order chi connectivity index (χ0) is 16.1. The fourth-order valence-corrected chi connectivity index (χ4v) is 2.80. The molecule has 1 aromatic rings. The summed E-state index contributed by atoms with van der Waals surface area (Å²) in [5.74, 6) is 0.885.